The number of benzene rings is 1. The second-order valence-electron chi connectivity index (χ2n) is 6.10. The highest BCUT2D eigenvalue weighted by molar-refractivity contribution is 8.04. The minimum atomic E-state index is -1.18. The van der Waals surface area contributed by atoms with Gasteiger partial charge in [0.05, 0.1) is 41.7 Å². The molecule has 1 fully saturated rings. The van der Waals surface area contributed by atoms with Crippen LogP contribution in [0.4, 0.5) is 0 Å². The van der Waals surface area contributed by atoms with E-state index in [1.54, 1.807) is 12.1 Å². The number of rotatable bonds is 4. The van der Waals surface area contributed by atoms with Crippen LogP contribution in [0.25, 0.3) is 0 Å². The normalized spacial score (nSPS) is 21.2. The summed E-state index contributed by atoms with van der Waals surface area (Å²) in [4.78, 5) is 37.4. The van der Waals surface area contributed by atoms with E-state index < -0.39 is 35.4 Å². The Bertz CT molecular complexity index is 1050. The summed E-state index contributed by atoms with van der Waals surface area (Å²) in [6, 6.07) is 6.56. The number of carboxylic acids is 1. The van der Waals surface area contributed by atoms with Crippen molar-refractivity contribution in [2.75, 3.05) is 7.11 Å². The number of esters is 1. The average molecular weight is 454 g/mol. The number of hydrogen-bond acceptors (Lipinski definition) is 7. The topological polar surface area (TPSA) is 134 Å². The maximum absolute atomic E-state index is 12.7. The smallest absolute Gasteiger partial charge is 0.338 e. The molecule has 1 aromatic carbocycles. The van der Waals surface area contributed by atoms with Crippen LogP contribution < -0.4 is 5.73 Å². The van der Waals surface area contributed by atoms with E-state index >= 15 is 0 Å². The predicted molar refractivity (Wildman–Crippen MR) is 106 cm³/mol. The fourth-order valence-electron chi connectivity index (χ4n) is 3.21. The average Bonchev–Trinajstić information content (AvgIpc) is 2.97. The summed E-state index contributed by atoms with van der Waals surface area (Å²) < 4.78 is 4.83. The quantitative estimate of drug-likeness (QED) is 0.664. The summed E-state index contributed by atoms with van der Waals surface area (Å²) in [6.45, 7) is 0. The highest BCUT2D eigenvalue weighted by Gasteiger charge is 2.48. The summed E-state index contributed by atoms with van der Waals surface area (Å²) >= 11 is 13.2. The zero-order valence-corrected chi connectivity index (χ0v) is 17.1. The third kappa shape index (κ3) is 3.55. The van der Waals surface area contributed by atoms with Crippen LogP contribution in [0.5, 0.6) is 0 Å². The molecule has 150 valence electrons. The van der Waals surface area contributed by atoms with Crippen LogP contribution in [-0.2, 0) is 19.1 Å². The Kier molecular flexibility index (Phi) is 5.80. The molecule has 2 heterocycles. The first-order valence-electron chi connectivity index (χ1n) is 8.10. The summed E-state index contributed by atoms with van der Waals surface area (Å²) in [7, 11) is 1.14. The van der Waals surface area contributed by atoms with Crippen molar-refractivity contribution in [1.82, 2.24) is 4.90 Å². The Morgan fingerprint density at radius 3 is 2.66 bits per heavy atom. The van der Waals surface area contributed by atoms with Crippen LogP contribution in [0.3, 0.4) is 0 Å². The lowest BCUT2D eigenvalue weighted by molar-refractivity contribution is -0.139. The standard InChI is InChI=1S/C18H13Cl2N3O5S/c1-28-18(27)14-13(8-3-2-7(19)4-10(8)20)9(6-21)17-23(15(14)22)16(26)11(29-17)5-12(24)25/h2-4,11,13H,5,22H2,1H3,(H,24,25). The Balaban J connectivity index is 2.26. The second-order valence-corrected chi connectivity index (χ2v) is 8.13. The molecule has 0 saturated carbocycles. The molecule has 1 amide bonds. The molecule has 0 spiro atoms. The number of fused-ring (bicyclic) bond motifs is 1. The van der Waals surface area contributed by atoms with Crippen LogP contribution in [-0.4, -0.2) is 40.2 Å². The van der Waals surface area contributed by atoms with Crippen LogP contribution in [0.1, 0.15) is 17.9 Å². The molecular weight excluding hydrogens is 441 g/mol. The van der Waals surface area contributed by atoms with Crippen LogP contribution in [0, 0.1) is 11.3 Å². The van der Waals surface area contributed by atoms with Crippen molar-refractivity contribution >= 4 is 52.8 Å². The molecule has 0 radical (unpaired) electrons. The monoisotopic (exact) mass is 453 g/mol. The number of carbonyl (C=O) groups is 3. The Labute approximate surface area is 179 Å². The molecule has 3 rings (SSSR count). The number of halogens is 2. The molecule has 8 nitrogen and oxygen atoms in total. The molecule has 0 aromatic heterocycles. The van der Waals surface area contributed by atoms with Gasteiger partial charge in [-0.1, -0.05) is 41.0 Å². The van der Waals surface area contributed by atoms with Gasteiger partial charge in [-0.25, -0.2) is 4.79 Å². The summed E-state index contributed by atoms with van der Waals surface area (Å²) in [5, 5.41) is 18.7. The number of amides is 1. The van der Waals surface area contributed by atoms with Gasteiger partial charge in [0.1, 0.15) is 11.1 Å². The van der Waals surface area contributed by atoms with Gasteiger partial charge >= 0.3 is 11.9 Å². The molecular formula is C18H13Cl2N3O5S. The lowest BCUT2D eigenvalue weighted by atomic mass is 9.83. The van der Waals surface area contributed by atoms with Gasteiger partial charge in [-0.05, 0) is 17.7 Å². The summed E-state index contributed by atoms with van der Waals surface area (Å²) in [5.74, 6) is -3.88. The van der Waals surface area contributed by atoms with E-state index in [1.165, 1.54) is 6.07 Å². The number of carboxylic acid groups (broad SMARTS) is 1. The molecule has 0 aliphatic carbocycles. The maximum atomic E-state index is 12.7. The fourth-order valence-corrected chi connectivity index (χ4v) is 5.01. The van der Waals surface area contributed by atoms with Gasteiger partial charge in [-0.15, -0.1) is 0 Å². The van der Waals surface area contributed by atoms with Gasteiger partial charge in [0.15, 0.2) is 0 Å². The number of nitrogens with zero attached hydrogens (tertiary/aromatic N) is 2. The number of methoxy groups -OCH3 is 1. The minimum absolute atomic E-state index is 0.0371. The lowest BCUT2D eigenvalue weighted by Crippen LogP contribution is -2.39. The number of hydrogen-bond donors (Lipinski definition) is 2. The van der Waals surface area contributed by atoms with Crippen LogP contribution in [0.2, 0.25) is 10.0 Å². The first-order chi connectivity index (χ1) is 13.7. The predicted octanol–water partition coefficient (Wildman–Crippen LogP) is 2.59. The van der Waals surface area contributed by atoms with E-state index in [0.717, 1.165) is 23.8 Å². The third-order valence-electron chi connectivity index (χ3n) is 4.44. The van der Waals surface area contributed by atoms with Gasteiger partial charge < -0.3 is 15.6 Å². The zero-order valence-electron chi connectivity index (χ0n) is 14.8. The maximum Gasteiger partial charge on any atom is 0.338 e. The number of ether oxygens (including phenoxy) is 1. The van der Waals surface area contributed by atoms with Crippen LogP contribution >= 0.6 is 35.0 Å². The summed E-state index contributed by atoms with van der Waals surface area (Å²) in [6.07, 6.45) is -0.463. The first kappa shape index (κ1) is 21.0. The number of nitrogens with two attached hydrogens (primary N) is 1. The number of aliphatic carboxylic acids is 1. The third-order valence-corrected chi connectivity index (χ3v) is 6.28. The zero-order chi connectivity index (χ0) is 21.5. The van der Waals surface area contributed by atoms with E-state index in [-0.39, 0.29) is 27.0 Å². The molecule has 2 aliphatic rings. The lowest BCUT2D eigenvalue weighted by Gasteiger charge is -2.31. The number of nitriles is 1. The van der Waals surface area contributed by atoms with E-state index in [9.17, 15) is 19.6 Å². The SMILES string of the molecule is COC(=O)C1=C(N)N2C(=O)C(CC(=O)O)SC2=C(C#N)C1c1ccc(Cl)cc1Cl. The Morgan fingerprint density at radius 2 is 2.10 bits per heavy atom. The Hall–Kier alpha value is -2.67. The van der Waals surface area contributed by atoms with Crippen molar-refractivity contribution in [3.8, 4) is 6.07 Å². The Morgan fingerprint density at radius 1 is 1.41 bits per heavy atom. The van der Waals surface area contributed by atoms with Gasteiger partial charge in [0, 0.05) is 10.0 Å². The second kappa shape index (κ2) is 7.99. The van der Waals surface area contributed by atoms with Gasteiger partial charge in [-0.3, -0.25) is 14.5 Å². The molecule has 3 N–H and O–H groups in total. The van der Waals surface area contributed by atoms with E-state index in [1.807, 2.05) is 6.07 Å². The molecule has 11 heteroatoms. The molecule has 1 aromatic rings. The van der Waals surface area contributed by atoms with Crippen LogP contribution in [0.15, 0.2) is 40.2 Å². The van der Waals surface area contributed by atoms with Gasteiger partial charge in [0.2, 0.25) is 5.91 Å². The van der Waals surface area contributed by atoms with Crippen molar-refractivity contribution in [2.24, 2.45) is 5.73 Å². The van der Waals surface area contributed by atoms with Crippen molar-refractivity contribution < 1.29 is 24.2 Å². The molecule has 2 aliphatic heterocycles. The molecule has 2 unspecified atom stereocenters. The highest BCUT2D eigenvalue weighted by atomic mass is 35.5. The van der Waals surface area contributed by atoms with E-state index in [0.29, 0.717) is 10.6 Å². The highest BCUT2D eigenvalue weighted by Crippen LogP contribution is 2.50. The van der Waals surface area contributed by atoms with Crippen molar-refractivity contribution in [2.45, 2.75) is 17.6 Å². The fraction of sp³-hybridized carbons (Fsp3) is 0.222. The number of carbonyl (C=O) groups excluding carboxylic acids is 2. The van der Waals surface area contributed by atoms with Crippen molar-refractivity contribution in [3.05, 3.63) is 55.8 Å². The molecule has 0 bridgehead atoms. The molecule has 1 saturated heterocycles. The van der Waals surface area contributed by atoms with Gasteiger partial charge in [0.25, 0.3) is 0 Å². The van der Waals surface area contributed by atoms with Crippen molar-refractivity contribution in [3.63, 3.8) is 0 Å². The van der Waals surface area contributed by atoms with E-state index in [4.69, 9.17) is 38.8 Å². The molecule has 29 heavy (non-hydrogen) atoms. The number of allylic oxidation sites excluding steroid dienone is 1. The number of thioether (sulfide) groups is 1. The minimum Gasteiger partial charge on any atom is -0.481 e. The van der Waals surface area contributed by atoms with E-state index in [2.05, 4.69) is 0 Å². The summed E-state index contributed by atoms with van der Waals surface area (Å²) in [5.41, 5.74) is 6.43. The largest absolute Gasteiger partial charge is 0.481 e. The molecule has 2 atom stereocenters. The van der Waals surface area contributed by atoms with Crippen molar-refractivity contribution in [1.29, 1.82) is 5.26 Å². The van der Waals surface area contributed by atoms with Gasteiger partial charge in [-0.2, -0.15) is 5.26 Å². The first-order valence-corrected chi connectivity index (χ1v) is 9.74.